The number of hydrogen-bond donors (Lipinski definition) is 1. The molecule has 116 valence electrons. The SMILES string of the molecule is CC(O)CC1CCCN1C(=O)c1cccc(S(C)(=O)=O)c1. The average molecular weight is 311 g/mol. The molecule has 0 aromatic heterocycles. The fraction of sp³-hybridized carbons (Fsp3) is 0.533. The second-order valence-electron chi connectivity index (χ2n) is 5.68. The number of sulfone groups is 1. The molecule has 0 spiro atoms. The summed E-state index contributed by atoms with van der Waals surface area (Å²) < 4.78 is 23.2. The number of amides is 1. The van der Waals surface area contributed by atoms with Crippen molar-refractivity contribution in [2.45, 2.75) is 43.2 Å². The zero-order valence-electron chi connectivity index (χ0n) is 12.3. The Labute approximate surface area is 125 Å². The van der Waals surface area contributed by atoms with Crippen LogP contribution in [-0.4, -0.2) is 49.3 Å². The van der Waals surface area contributed by atoms with Gasteiger partial charge in [-0.05, 0) is 44.4 Å². The van der Waals surface area contributed by atoms with Crippen molar-refractivity contribution in [1.82, 2.24) is 4.90 Å². The molecule has 6 heteroatoms. The molecule has 1 aliphatic heterocycles. The highest BCUT2D eigenvalue weighted by molar-refractivity contribution is 7.90. The third kappa shape index (κ3) is 3.83. The van der Waals surface area contributed by atoms with Crippen LogP contribution in [0.15, 0.2) is 29.2 Å². The van der Waals surface area contributed by atoms with E-state index in [1.54, 1.807) is 24.0 Å². The van der Waals surface area contributed by atoms with Gasteiger partial charge in [-0.2, -0.15) is 0 Å². The number of nitrogens with zero attached hydrogens (tertiary/aromatic N) is 1. The molecule has 1 amide bonds. The number of rotatable bonds is 4. The first kappa shape index (κ1) is 16.0. The molecule has 2 atom stereocenters. The van der Waals surface area contributed by atoms with Gasteiger partial charge in [-0.15, -0.1) is 0 Å². The minimum atomic E-state index is -3.33. The van der Waals surface area contributed by atoms with Gasteiger partial charge in [0.1, 0.15) is 0 Å². The maximum Gasteiger partial charge on any atom is 0.254 e. The standard InChI is InChI=1S/C15H21NO4S/c1-11(17)9-13-6-4-8-16(13)15(18)12-5-3-7-14(10-12)21(2,19)20/h3,5,7,10-11,13,17H,4,6,8-9H2,1-2H3. The molecule has 1 aromatic carbocycles. The van der Waals surface area contributed by atoms with E-state index >= 15 is 0 Å². The summed E-state index contributed by atoms with van der Waals surface area (Å²) >= 11 is 0. The molecular weight excluding hydrogens is 290 g/mol. The Morgan fingerprint density at radius 1 is 1.48 bits per heavy atom. The Bertz CT molecular complexity index is 624. The predicted octanol–water partition coefficient (Wildman–Crippen LogP) is 1.47. The van der Waals surface area contributed by atoms with Gasteiger partial charge in [-0.1, -0.05) is 6.07 Å². The molecule has 0 radical (unpaired) electrons. The van der Waals surface area contributed by atoms with Crippen LogP contribution in [0.4, 0.5) is 0 Å². The van der Waals surface area contributed by atoms with Gasteiger partial charge in [-0.25, -0.2) is 8.42 Å². The summed E-state index contributed by atoms with van der Waals surface area (Å²) in [6, 6.07) is 6.16. The molecule has 1 aliphatic rings. The normalized spacial score (nSPS) is 20.5. The summed E-state index contributed by atoms with van der Waals surface area (Å²) in [4.78, 5) is 14.5. The minimum Gasteiger partial charge on any atom is -0.393 e. The van der Waals surface area contributed by atoms with Crippen molar-refractivity contribution < 1.29 is 18.3 Å². The predicted molar refractivity (Wildman–Crippen MR) is 79.9 cm³/mol. The van der Waals surface area contributed by atoms with E-state index in [0.717, 1.165) is 19.1 Å². The Hall–Kier alpha value is -1.40. The summed E-state index contributed by atoms with van der Waals surface area (Å²) in [5.41, 5.74) is 0.385. The maximum absolute atomic E-state index is 12.6. The van der Waals surface area contributed by atoms with E-state index in [1.807, 2.05) is 0 Å². The quantitative estimate of drug-likeness (QED) is 0.913. The molecule has 1 fully saturated rings. The lowest BCUT2D eigenvalue weighted by Crippen LogP contribution is -2.37. The van der Waals surface area contributed by atoms with Crippen molar-refractivity contribution in [3.63, 3.8) is 0 Å². The van der Waals surface area contributed by atoms with Gasteiger partial charge >= 0.3 is 0 Å². The second-order valence-corrected chi connectivity index (χ2v) is 7.70. The Morgan fingerprint density at radius 2 is 2.19 bits per heavy atom. The summed E-state index contributed by atoms with van der Waals surface area (Å²) in [6.07, 6.45) is 3.02. The highest BCUT2D eigenvalue weighted by Crippen LogP contribution is 2.24. The third-order valence-corrected chi connectivity index (χ3v) is 4.87. The largest absolute Gasteiger partial charge is 0.393 e. The summed E-state index contributed by atoms with van der Waals surface area (Å²) in [5, 5.41) is 9.52. The average Bonchev–Trinajstić information content (AvgIpc) is 2.84. The molecule has 1 N–H and O–H groups in total. The number of carbonyl (C=O) groups excluding carboxylic acids is 1. The topological polar surface area (TPSA) is 74.7 Å². The number of aliphatic hydroxyl groups excluding tert-OH is 1. The number of likely N-dealkylation sites (tertiary alicyclic amines) is 1. The monoisotopic (exact) mass is 311 g/mol. The lowest BCUT2D eigenvalue weighted by Gasteiger charge is -2.26. The van der Waals surface area contributed by atoms with Crippen molar-refractivity contribution in [3.05, 3.63) is 29.8 Å². The van der Waals surface area contributed by atoms with Crippen LogP contribution < -0.4 is 0 Å². The fourth-order valence-electron chi connectivity index (χ4n) is 2.77. The molecule has 1 aromatic rings. The highest BCUT2D eigenvalue weighted by Gasteiger charge is 2.30. The van der Waals surface area contributed by atoms with E-state index in [2.05, 4.69) is 0 Å². The molecule has 1 heterocycles. The molecule has 1 saturated heterocycles. The van der Waals surface area contributed by atoms with Crippen LogP contribution in [0, 0.1) is 0 Å². The Kier molecular flexibility index (Phi) is 4.68. The third-order valence-electron chi connectivity index (χ3n) is 3.76. The zero-order chi connectivity index (χ0) is 15.6. The van der Waals surface area contributed by atoms with E-state index in [9.17, 15) is 18.3 Å². The van der Waals surface area contributed by atoms with Crippen molar-refractivity contribution in [2.24, 2.45) is 0 Å². The molecule has 0 bridgehead atoms. The molecular formula is C15H21NO4S. The summed E-state index contributed by atoms with van der Waals surface area (Å²) in [6.45, 7) is 2.37. The molecule has 0 aliphatic carbocycles. The van der Waals surface area contributed by atoms with Crippen LogP contribution in [0.3, 0.4) is 0 Å². The molecule has 2 unspecified atom stereocenters. The Balaban J connectivity index is 2.24. The van der Waals surface area contributed by atoms with Crippen LogP contribution in [0.25, 0.3) is 0 Å². The van der Waals surface area contributed by atoms with E-state index in [1.165, 1.54) is 12.1 Å². The number of hydrogen-bond acceptors (Lipinski definition) is 4. The van der Waals surface area contributed by atoms with Crippen LogP contribution in [-0.2, 0) is 9.84 Å². The van der Waals surface area contributed by atoms with Gasteiger partial charge in [0.25, 0.3) is 5.91 Å². The first-order valence-electron chi connectivity index (χ1n) is 7.08. The lowest BCUT2D eigenvalue weighted by molar-refractivity contribution is 0.0682. The van der Waals surface area contributed by atoms with Crippen LogP contribution in [0.2, 0.25) is 0 Å². The molecule has 5 nitrogen and oxygen atoms in total. The first-order chi connectivity index (χ1) is 9.79. The van der Waals surface area contributed by atoms with Crippen molar-refractivity contribution in [1.29, 1.82) is 0 Å². The van der Waals surface area contributed by atoms with E-state index in [-0.39, 0.29) is 16.8 Å². The van der Waals surface area contributed by atoms with E-state index in [4.69, 9.17) is 0 Å². The van der Waals surface area contributed by atoms with E-state index in [0.29, 0.717) is 18.5 Å². The molecule has 21 heavy (non-hydrogen) atoms. The fourth-order valence-corrected chi connectivity index (χ4v) is 3.43. The van der Waals surface area contributed by atoms with Crippen molar-refractivity contribution in [3.8, 4) is 0 Å². The van der Waals surface area contributed by atoms with Crippen LogP contribution in [0.5, 0.6) is 0 Å². The van der Waals surface area contributed by atoms with E-state index < -0.39 is 15.9 Å². The second kappa shape index (κ2) is 6.15. The lowest BCUT2D eigenvalue weighted by atomic mass is 10.1. The van der Waals surface area contributed by atoms with Gasteiger partial charge in [-0.3, -0.25) is 4.79 Å². The molecule has 0 saturated carbocycles. The molecule has 2 rings (SSSR count). The minimum absolute atomic E-state index is 0.0272. The van der Waals surface area contributed by atoms with Crippen LogP contribution >= 0.6 is 0 Å². The van der Waals surface area contributed by atoms with Gasteiger partial charge in [0.05, 0.1) is 11.0 Å². The summed E-state index contributed by atoms with van der Waals surface area (Å²) in [5.74, 6) is -0.163. The van der Waals surface area contributed by atoms with Gasteiger partial charge in [0.2, 0.25) is 0 Å². The van der Waals surface area contributed by atoms with Gasteiger partial charge in [0.15, 0.2) is 9.84 Å². The maximum atomic E-state index is 12.6. The summed E-state index contributed by atoms with van der Waals surface area (Å²) in [7, 11) is -3.33. The highest BCUT2D eigenvalue weighted by atomic mass is 32.2. The number of benzene rings is 1. The van der Waals surface area contributed by atoms with Crippen LogP contribution in [0.1, 0.15) is 36.5 Å². The van der Waals surface area contributed by atoms with Gasteiger partial charge in [0, 0.05) is 24.4 Å². The number of aliphatic hydroxyl groups is 1. The Morgan fingerprint density at radius 3 is 2.81 bits per heavy atom. The number of carbonyl (C=O) groups is 1. The first-order valence-corrected chi connectivity index (χ1v) is 8.97. The van der Waals surface area contributed by atoms with Crippen molar-refractivity contribution >= 4 is 15.7 Å². The van der Waals surface area contributed by atoms with Crippen molar-refractivity contribution in [2.75, 3.05) is 12.8 Å². The van der Waals surface area contributed by atoms with Gasteiger partial charge < -0.3 is 10.0 Å². The smallest absolute Gasteiger partial charge is 0.254 e. The zero-order valence-corrected chi connectivity index (χ0v) is 13.1.